The molecular formula is C11H24N2O. The van der Waals surface area contributed by atoms with Gasteiger partial charge in [0.2, 0.25) is 0 Å². The zero-order valence-corrected chi connectivity index (χ0v) is 9.81. The molecule has 1 atom stereocenters. The van der Waals surface area contributed by atoms with Crippen molar-refractivity contribution < 1.29 is 4.74 Å². The Hall–Kier alpha value is -0.120. The van der Waals surface area contributed by atoms with E-state index in [1.165, 1.54) is 26.1 Å². The van der Waals surface area contributed by atoms with Crippen LogP contribution in [0.1, 0.15) is 27.2 Å². The maximum atomic E-state index is 5.51. The van der Waals surface area contributed by atoms with Crippen LogP contribution in [0.25, 0.3) is 0 Å². The molecule has 0 aliphatic carbocycles. The molecule has 2 fully saturated rings. The minimum atomic E-state index is 0.300. The topological polar surface area (TPSA) is 24.5 Å². The van der Waals surface area contributed by atoms with Crippen LogP contribution in [-0.4, -0.2) is 49.8 Å². The predicted molar refractivity (Wildman–Crippen MR) is 59.6 cm³/mol. The zero-order valence-electron chi connectivity index (χ0n) is 9.81. The Morgan fingerprint density at radius 1 is 1.43 bits per heavy atom. The Bertz CT molecular complexity index is 155. The van der Waals surface area contributed by atoms with Gasteiger partial charge < -0.3 is 15.0 Å². The van der Waals surface area contributed by atoms with Crippen molar-refractivity contribution in [3.63, 3.8) is 0 Å². The molecule has 0 aromatic carbocycles. The van der Waals surface area contributed by atoms with Crippen LogP contribution in [0.2, 0.25) is 0 Å². The normalized spacial score (nSPS) is 32.8. The lowest BCUT2D eigenvalue weighted by Crippen LogP contribution is -2.55. The first-order valence-electron chi connectivity index (χ1n) is 5.90. The summed E-state index contributed by atoms with van der Waals surface area (Å²) < 4.78 is 5.51. The summed E-state index contributed by atoms with van der Waals surface area (Å²) in [5.41, 5.74) is 0.300. The number of nitrogens with zero attached hydrogens (tertiary/aromatic N) is 1. The summed E-state index contributed by atoms with van der Waals surface area (Å²) in [6.45, 7) is 12.6. The molecule has 3 heteroatoms. The van der Waals surface area contributed by atoms with Crippen LogP contribution in [0, 0.1) is 0 Å². The second kappa shape index (κ2) is 5.69. The number of rotatable bonds is 1. The van der Waals surface area contributed by atoms with Crippen LogP contribution < -0.4 is 5.32 Å². The molecule has 2 heterocycles. The minimum absolute atomic E-state index is 0.300. The van der Waals surface area contributed by atoms with Gasteiger partial charge in [-0.15, -0.1) is 0 Å². The zero-order chi connectivity index (χ0) is 10.4. The van der Waals surface area contributed by atoms with Gasteiger partial charge in [0.1, 0.15) is 0 Å². The maximum Gasteiger partial charge on any atom is 0.0662 e. The molecule has 0 saturated carbocycles. The second-order valence-electron chi connectivity index (χ2n) is 3.88. The molecule has 1 N–H and O–H groups in total. The van der Waals surface area contributed by atoms with Crippen molar-refractivity contribution in [1.29, 1.82) is 0 Å². The third-order valence-corrected chi connectivity index (χ3v) is 3.00. The molecule has 3 nitrogen and oxygen atoms in total. The van der Waals surface area contributed by atoms with Crippen LogP contribution in [-0.2, 0) is 4.74 Å². The van der Waals surface area contributed by atoms with E-state index in [9.17, 15) is 0 Å². The van der Waals surface area contributed by atoms with E-state index >= 15 is 0 Å². The molecule has 0 bridgehead atoms. The fourth-order valence-electron chi connectivity index (χ4n) is 2.20. The van der Waals surface area contributed by atoms with Gasteiger partial charge in [0.05, 0.1) is 18.8 Å². The average Bonchev–Trinajstić information content (AvgIpc) is 2.66. The molecule has 2 saturated heterocycles. The van der Waals surface area contributed by atoms with Gasteiger partial charge in [0, 0.05) is 19.6 Å². The summed E-state index contributed by atoms with van der Waals surface area (Å²) in [7, 11) is 0. The van der Waals surface area contributed by atoms with Crippen molar-refractivity contribution in [2.45, 2.75) is 32.7 Å². The smallest absolute Gasteiger partial charge is 0.0662 e. The van der Waals surface area contributed by atoms with Crippen LogP contribution in [0.5, 0.6) is 0 Å². The number of likely N-dealkylation sites (N-methyl/N-ethyl adjacent to an activating group) is 1. The van der Waals surface area contributed by atoms with Crippen LogP contribution in [0.4, 0.5) is 0 Å². The van der Waals surface area contributed by atoms with Gasteiger partial charge in [-0.05, 0) is 13.0 Å². The average molecular weight is 200 g/mol. The largest absolute Gasteiger partial charge is 0.378 e. The molecule has 0 amide bonds. The molecule has 0 aromatic rings. The number of hydrogen-bond donors (Lipinski definition) is 1. The molecule has 2 rings (SSSR count). The van der Waals surface area contributed by atoms with Crippen LogP contribution in [0.3, 0.4) is 0 Å². The highest BCUT2D eigenvalue weighted by Crippen LogP contribution is 2.22. The highest BCUT2D eigenvalue weighted by Gasteiger charge is 2.38. The van der Waals surface area contributed by atoms with E-state index in [1.807, 2.05) is 13.8 Å². The summed E-state index contributed by atoms with van der Waals surface area (Å²) >= 11 is 0. The molecule has 0 radical (unpaired) electrons. The Balaban J connectivity index is 0.000000461. The fourth-order valence-corrected chi connectivity index (χ4v) is 2.20. The van der Waals surface area contributed by atoms with E-state index in [1.54, 1.807) is 0 Å². The quantitative estimate of drug-likeness (QED) is 0.686. The van der Waals surface area contributed by atoms with Gasteiger partial charge in [-0.25, -0.2) is 0 Å². The molecule has 84 valence electrons. The van der Waals surface area contributed by atoms with Gasteiger partial charge in [-0.3, -0.25) is 0 Å². The van der Waals surface area contributed by atoms with E-state index in [2.05, 4.69) is 17.1 Å². The van der Waals surface area contributed by atoms with E-state index in [0.29, 0.717) is 5.54 Å². The SMILES string of the molecule is CC.CCN1CCC2(COCCN2)C1. The molecule has 1 unspecified atom stereocenters. The third kappa shape index (κ3) is 2.69. The van der Waals surface area contributed by atoms with Crippen LogP contribution >= 0.6 is 0 Å². The molecule has 14 heavy (non-hydrogen) atoms. The Kier molecular flexibility index (Phi) is 4.85. The summed E-state index contributed by atoms with van der Waals surface area (Å²) in [5.74, 6) is 0. The molecule has 0 aromatic heterocycles. The lowest BCUT2D eigenvalue weighted by Gasteiger charge is -2.34. The summed E-state index contributed by atoms with van der Waals surface area (Å²) in [6.07, 6.45) is 1.25. The Morgan fingerprint density at radius 3 is 2.71 bits per heavy atom. The van der Waals surface area contributed by atoms with Gasteiger partial charge >= 0.3 is 0 Å². The highest BCUT2D eigenvalue weighted by atomic mass is 16.5. The Morgan fingerprint density at radius 2 is 2.21 bits per heavy atom. The van der Waals surface area contributed by atoms with Gasteiger partial charge in [-0.2, -0.15) is 0 Å². The molecular weight excluding hydrogens is 176 g/mol. The Labute approximate surface area is 87.8 Å². The number of nitrogens with one attached hydrogen (secondary N) is 1. The number of morpholine rings is 1. The van der Waals surface area contributed by atoms with E-state index < -0.39 is 0 Å². The standard InChI is InChI=1S/C9H18N2O.C2H6/c1-2-11-5-3-9(7-11)8-12-6-4-10-9;1-2/h10H,2-8H2,1H3;1-2H3. The monoisotopic (exact) mass is 200 g/mol. The minimum Gasteiger partial charge on any atom is -0.378 e. The fraction of sp³-hybridized carbons (Fsp3) is 1.00. The van der Waals surface area contributed by atoms with Crippen molar-refractivity contribution in [2.24, 2.45) is 0 Å². The number of likely N-dealkylation sites (tertiary alicyclic amines) is 1. The van der Waals surface area contributed by atoms with Crippen molar-refractivity contribution in [3.05, 3.63) is 0 Å². The van der Waals surface area contributed by atoms with E-state index in [4.69, 9.17) is 4.74 Å². The van der Waals surface area contributed by atoms with Crippen LogP contribution in [0.15, 0.2) is 0 Å². The lowest BCUT2D eigenvalue weighted by atomic mass is 9.99. The summed E-state index contributed by atoms with van der Waals surface area (Å²) in [6, 6.07) is 0. The second-order valence-corrected chi connectivity index (χ2v) is 3.88. The number of ether oxygens (including phenoxy) is 1. The molecule has 2 aliphatic heterocycles. The third-order valence-electron chi connectivity index (χ3n) is 3.00. The highest BCUT2D eigenvalue weighted by molar-refractivity contribution is 4.98. The molecule has 2 aliphatic rings. The predicted octanol–water partition coefficient (Wildman–Crippen LogP) is 1.10. The van der Waals surface area contributed by atoms with Crippen molar-refractivity contribution in [1.82, 2.24) is 10.2 Å². The maximum absolute atomic E-state index is 5.51. The lowest BCUT2D eigenvalue weighted by molar-refractivity contribution is 0.0314. The van der Waals surface area contributed by atoms with E-state index in [0.717, 1.165) is 19.8 Å². The summed E-state index contributed by atoms with van der Waals surface area (Å²) in [5, 5.41) is 3.59. The summed E-state index contributed by atoms with van der Waals surface area (Å²) in [4.78, 5) is 2.49. The first kappa shape index (κ1) is 12.0. The van der Waals surface area contributed by atoms with Crippen molar-refractivity contribution in [3.8, 4) is 0 Å². The van der Waals surface area contributed by atoms with Gasteiger partial charge in [0.25, 0.3) is 0 Å². The van der Waals surface area contributed by atoms with E-state index in [-0.39, 0.29) is 0 Å². The first-order valence-corrected chi connectivity index (χ1v) is 5.90. The first-order chi connectivity index (χ1) is 6.85. The molecule has 1 spiro atoms. The van der Waals surface area contributed by atoms with Crippen molar-refractivity contribution >= 4 is 0 Å². The van der Waals surface area contributed by atoms with Gasteiger partial charge in [-0.1, -0.05) is 20.8 Å². The van der Waals surface area contributed by atoms with Crippen molar-refractivity contribution in [2.75, 3.05) is 39.4 Å². The van der Waals surface area contributed by atoms with Gasteiger partial charge in [0.15, 0.2) is 0 Å². The number of hydrogen-bond acceptors (Lipinski definition) is 3.